The van der Waals surface area contributed by atoms with E-state index in [1.807, 2.05) is 38.2 Å². The maximum Gasteiger partial charge on any atom is 0.0545 e. The molecule has 0 aliphatic rings. The first-order valence-electron chi connectivity index (χ1n) is 4.44. The lowest BCUT2D eigenvalue weighted by atomic mass is 10.4. The predicted octanol–water partition coefficient (Wildman–Crippen LogP) is 2.16. The second kappa shape index (κ2) is 5.63. The lowest BCUT2D eigenvalue weighted by Gasteiger charge is -2.09. The van der Waals surface area contributed by atoms with Gasteiger partial charge in [-0.15, -0.1) is 0 Å². The summed E-state index contributed by atoms with van der Waals surface area (Å²) >= 11 is 3.36. The van der Waals surface area contributed by atoms with Crippen LogP contribution in [0.15, 0.2) is 33.6 Å². The molecular formula is C10H14BrNOS. The third kappa shape index (κ3) is 3.52. The zero-order valence-corrected chi connectivity index (χ0v) is 10.7. The average molecular weight is 276 g/mol. The molecule has 2 atom stereocenters. The van der Waals surface area contributed by atoms with Gasteiger partial charge in [0.25, 0.3) is 0 Å². The van der Waals surface area contributed by atoms with Crippen LogP contribution >= 0.6 is 15.9 Å². The Labute approximate surface area is 95.7 Å². The fourth-order valence-corrected chi connectivity index (χ4v) is 2.87. The Hall–Kier alpha value is -0.190. The molecule has 14 heavy (non-hydrogen) atoms. The van der Waals surface area contributed by atoms with Gasteiger partial charge < -0.3 is 5.32 Å². The van der Waals surface area contributed by atoms with E-state index in [-0.39, 0.29) is 6.04 Å². The van der Waals surface area contributed by atoms with Crippen LogP contribution in [0.2, 0.25) is 0 Å². The summed E-state index contributed by atoms with van der Waals surface area (Å²) in [4.78, 5) is 0.876. The molecule has 1 aromatic carbocycles. The quantitative estimate of drug-likeness (QED) is 0.913. The van der Waals surface area contributed by atoms with Gasteiger partial charge in [-0.1, -0.05) is 22.0 Å². The van der Waals surface area contributed by atoms with E-state index in [2.05, 4.69) is 21.2 Å². The van der Waals surface area contributed by atoms with Crippen molar-refractivity contribution in [3.8, 4) is 0 Å². The number of nitrogens with one attached hydrogen (secondary N) is 1. The summed E-state index contributed by atoms with van der Waals surface area (Å²) in [6, 6.07) is 7.90. The average Bonchev–Trinajstić information content (AvgIpc) is 2.17. The number of hydrogen-bond donors (Lipinski definition) is 1. The molecule has 1 rings (SSSR count). The van der Waals surface area contributed by atoms with Crippen LogP contribution in [-0.2, 0) is 10.8 Å². The van der Waals surface area contributed by atoms with Crippen molar-refractivity contribution in [1.29, 1.82) is 0 Å². The van der Waals surface area contributed by atoms with Gasteiger partial charge in [0.1, 0.15) is 0 Å². The molecule has 0 fully saturated rings. The third-order valence-corrected chi connectivity index (χ3v) is 4.03. The molecule has 1 N–H and O–H groups in total. The highest BCUT2D eigenvalue weighted by Crippen LogP contribution is 2.15. The second-order valence-electron chi connectivity index (χ2n) is 3.16. The van der Waals surface area contributed by atoms with E-state index in [9.17, 15) is 4.21 Å². The van der Waals surface area contributed by atoms with Gasteiger partial charge in [-0.3, -0.25) is 4.21 Å². The summed E-state index contributed by atoms with van der Waals surface area (Å²) in [5.74, 6) is 0.646. The van der Waals surface area contributed by atoms with E-state index in [0.717, 1.165) is 9.37 Å². The van der Waals surface area contributed by atoms with E-state index in [1.54, 1.807) is 0 Å². The highest BCUT2D eigenvalue weighted by Gasteiger charge is 2.07. The van der Waals surface area contributed by atoms with Crippen molar-refractivity contribution < 1.29 is 4.21 Å². The molecule has 0 saturated heterocycles. The lowest BCUT2D eigenvalue weighted by molar-refractivity contribution is 0.646. The first-order valence-corrected chi connectivity index (χ1v) is 6.56. The van der Waals surface area contributed by atoms with Crippen LogP contribution < -0.4 is 5.32 Å². The minimum atomic E-state index is -0.916. The highest BCUT2D eigenvalue weighted by molar-refractivity contribution is 9.10. The minimum absolute atomic E-state index is 0.273. The van der Waals surface area contributed by atoms with Crippen molar-refractivity contribution >= 4 is 26.7 Å². The van der Waals surface area contributed by atoms with E-state index < -0.39 is 10.8 Å². The standard InChI is InChI=1S/C10H14BrNOS/c1-8(12-2)7-14(13)10-5-3-4-9(11)6-10/h3-6,8,12H,7H2,1-2H3. The maximum atomic E-state index is 11.8. The normalized spacial score (nSPS) is 15.1. The van der Waals surface area contributed by atoms with Gasteiger partial charge in [0, 0.05) is 21.2 Å². The maximum absolute atomic E-state index is 11.8. The van der Waals surface area contributed by atoms with Gasteiger partial charge in [-0.25, -0.2) is 0 Å². The SMILES string of the molecule is CNC(C)CS(=O)c1cccc(Br)c1. The van der Waals surface area contributed by atoms with Crippen molar-refractivity contribution in [2.24, 2.45) is 0 Å². The molecule has 1 aromatic rings. The summed E-state index contributed by atoms with van der Waals surface area (Å²) in [6.45, 7) is 2.02. The van der Waals surface area contributed by atoms with Gasteiger partial charge in [0.15, 0.2) is 0 Å². The van der Waals surface area contributed by atoms with E-state index in [4.69, 9.17) is 0 Å². The predicted molar refractivity (Wildman–Crippen MR) is 63.9 cm³/mol. The molecule has 0 radical (unpaired) electrons. The Morgan fingerprint density at radius 1 is 1.57 bits per heavy atom. The van der Waals surface area contributed by atoms with Crippen molar-refractivity contribution in [3.63, 3.8) is 0 Å². The zero-order valence-electron chi connectivity index (χ0n) is 8.29. The summed E-state index contributed by atoms with van der Waals surface area (Å²) in [6.07, 6.45) is 0. The first kappa shape index (κ1) is 11.9. The van der Waals surface area contributed by atoms with E-state index >= 15 is 0 Å². The topological polar surface area (TPSA) is 29.1 Å². The smallest absolute Gasteiger partial charge is 0.0545 e. The van der Waals surface area contributed by atoms with E-state index in [0.29, 0.717) is 5.75 Å². The molecule has 0 spiro atoms. The van der Waals surface area contributed by atoms with Gasteiger partial charge in [0.05, 0.1) is 10.8 Å². The van der Waals surface area contributed by atoms with Crippen molar-refractivity contribution in [2.75, 3.05) is 12.8 Å². The lowest BCUT2D eigenvalue weighted by Crippen LogP contribution is -2.27. The number of halogens is 1. The molecule has 0 amide bonds. The highest BCUT2D eigenvalue weighted by atomic mass is 79.9. The van der Waals surface area contributed by atoms with E-state index in [1.165, 1.54) is 0 Å². The Morgan fingerprint density at radius 3 is 2.86 bits per heavy atom. The molecule has 2 unspecified atom stereocenters. The van der Waals surface area contributed by atoms with Crippen LogP contribution in [-0.4, -0.2) is 23.1 Å². The first-order chi connectivity index (χ1) is 6.63. The van der Waals surface area contributed by atoms with Crippen molar-refractivity contribution in [3.05, 3.63) is 28.7 Å². The van der Waals surface area contributed by atoms with Gasteiger partial charge in [-0.05, 0) is 32.2 Å². The zero-order chi connectivity index (χ0) is 10.6. The van der Waals surface area contributed by atoms with Gasteiger partial charge in [-0.2, -0.15) is 0 Å². The fraction of sp³-hybridized carbons (Fsp3) is 0.400. The molecule has 78 valence electrons. The van der Waals surface area contributed by atoms with Crippen LogP contribution in [0.25, 0.3) is 0 Å². The van der Waals surface area contributed by atoms with Crippen LogP contribution in [0, 0.1) is 0 Å². The van der Waals surface area contributed by atoms with Crippen LogP contribution in [0.3, 0.4) is 0 Å². The summed E-state index contributed by atoms with van der Waals surface area (Å²) in [5.41, 5.74) is 0. The van der Waals surface area contributed by atoms with Crippen molar-refractivity contribution in [2.45, 2.75) is 17.9 Å². The molecule has 0 saturated carbocycles. The molecule has 2 nitrogen and oxygen atoms in total. The molecular weight excluding hydrogens is 262 g/mol. The summed E-state index contributed by atoms with van der Waals surface area (Å²) in [7, 11) is 0.962. The Kier molecular flexibility index (Phi) is 4.78. The minimum Gasteiger partial charge on any atom is -0.316 e. The van der Waals surface area contributed by atoms with Crippen LogP contribution in [0.5, 0.6) is 0 Å². The molecule has 0 heterocycles. The molecule has 0 aliphatic heterocycles. The van der Waals surface area contributed by atoms with Gasteiger partial charge in [0.2, 0.25) is 0 Å². The number of hydrogen-bond acceptors (Lipinski definition) is 2. The van der Waals surface area contributed by atoms with Gasteiger partial charge >= 0.3 is 0 Å². The molecule has 4 heteroatoms. The third-order valence-electron chi connectivity index (χ3n) is 1.95. The largest absolute Gasteiger partial charge is 0.316 e. The Morgan fingerprint density at radius 2 is 2.29 bits per heavy atom. The number of rotatable bonds is 4. The van der Waals surface area contributed by atoms with Crippen molar-refractivity contribution in [1.82, 2.24) is 5.32 Å². The number of benzene rings is 1. The molecule has 0 bridgehead atoms. The Balaban J connectivity index is 2.70. The Bertz CT molecular complexity index is 330. The summed E-state index contributed by atoms with van der Waals surface area (Å²) in [5, 5.41) is 3.08. The second-order valence-corrected chi connectivity index (χ2v) is 5.57. The van der Waals surface area contributed by atoms with Crippen LogP contribution in [0.1, 0.15) is 6.92 Å². The summed E-state index contributed by atoms with van der Waals surface area (Å²) < 4.78 is 12.8. The fourth-order valence-electron chi connectivity index (χ4n) is 1.02. The molecule has 0 aromatic heterocycles. The molecule has 0 aliphatic carbocycles. The monoisotopic (exact) mass is 275 g/mol. The van der Waals surface area contributed by atoms with Crippen LogP contribution in [0.4, 0.5) is 0 Å².